The summed E-state index contributed by atoms with van der Waals surface area (Å²) < 4.78 is 6.87. The zero-order valence-corrected chi connectivity index (χ0v) is 14.4. The van der Waals surface area contributed by atoms with Gasteiger partial charge in [0.2, 0.25) is 0 Å². The summed E-state index contributed by atoms with van der Waals surface area (Å²) in [5.41, 5.74) is 6.29. The van der Waals surface area contributed by atoms with E-state index in [9.17, 15) is 14.4 Å². The lowest BCUT2D eigenvalue weighted by atomic mass is 10.1. The van der Waals surface area contributed by atoms with Crippen LogP contribution in [0.3, 0.4) is 0 Å². The molecule has 1 aromatic heterocycles. The highest BCUT2D eigenvalue weighted by molar-refractivity contribution is 5.84. The Labute approximate surface area is 145 Å². The topological polar surface area (TPSA) is 89.4 Å². The number of hydrogen-bond acceptors (Lipinski definition) is 4. The van der Waals surface area contributed by atoms with Crippen molar-refractivity contribution in [2.24, 2.45) is 0 Å². The number of hydrazine groups is 1. The average molecular weight is 343 g/mol. The minimum atomic E-state index is -0.791. The standard InChI is InChI=1S/C18H21N3O4/c1-12-7-6-8-15(13(12)2)25-14(3)18(24)20-19-16(22)11-21-10-5-4-9-17(21)23/h4-10,14H,11H2,1-3H3,(H,19,22)(H,20,24). The largest absolute Gasteiger partial charge is 0.481 e. The molecule has 0 bridgehead atoms. The van der Waals surface area contributed by atoms with Gasteiger partial charge in [0, 0.05) is 12.3 Å². The molecule has 7 nitrogen and oxygen atoms in total. The molecule has 0 aliphatic rings. The smallest absolute Gasteiger partial charge is 0.279 e. The molecule has 7 heteroatoms. The number of aromatic nitrogens is 1. The second-order valence-corrected chi connectivity index (χ2v) is 5.66. The molecular formula is C18H21N3O4. The van der Waals surface area contributed by atoms with Gasteiger partial charge in [-0.25, -0.2) is 0 Å². The molecule has 0 fully saturated rings. The summed E-state index contributed by atoms with van der Waals surface area (Å²) in [6, 6.07) is 10.2. The molecule has 1 atom stereocenters. The molecule has 0 saturated heterocycles. The van der Waals surface area contributed by atoms with Gasteiger partial charge in [-0.2, -0.15) is 0 Å². The summed E-state index contributed by atoms with van der Waals surface area (Å²) in [6.45, 7) is 5.27. The van der Waals surface area contributed by atoms with Crippen LogP contribution in [0, 0.1) is 13.8 Å². The summed E-state index contributed by atoms with van der Waals surface area (Å²) >= 11 is 0. The number of benzene rings is 1. The highest BCUT2D eigenvalue weighted by Crippen LogP contribution is 2.21. The van der Waals surface area contributed by atoms with E-state index in [2.05, 4.69) is 10.9 Å². The van der Waals surface area contributed by atoms with Crippen molar-refractivity contribution < 1.29 is 14.3 Å². The predicted octanol–water partition coefficient (Wildman–Crippen LogP) is 1.08. The van der Waals surface area contributed by atoms with Crippen molar-refractivity contribution in [3.8, 4) is 5.75 Å². The predicted molar refractivity (Wildman–Crippen MR) is 93.0 cm³/mol. The lowest BCUT2D eigenvalue weighted by Crippen LogP contribution is -2.48. The molecule has 2 amide bonds. The Bertz CT molecular complexity index is 829. The Hall–Kier alpha value is -3.09. The van der Waals surface area contributed by atoms with Crippen LogP contribution in [0.15, 0.2) is 47.4 Å². The second kappa shape index (κ2) is 8.14. The van der Waals surface area contributed by atoms with Crippen LogP contribution in [0.4, 0.5) is 0 Å². The monoisotopic (exact) mass is 343 g/mol. The van der Waals surface area contributed by atoms with E-state index in [0.717, 1.165) is 11.1 Å². The zero-order chi connectivity index (χ0) is 18.4. The highest BCUT2D eigenvalue weighted by Gasteiger charge is 2.16. The van der Waals surface area contributed by atoms with E-state index in [1.54, 1.807) is 25.1 Å². The van der Waals surface area contributed by atoms with E-state index in [4.69, 9.17) is 4.74 Å². The third kappa shape index (κ3) is 4.94. The first kappa shape index (κ1) is 18.3. The van der Waals surface area contributed by atoms with E-state index in [1.807, 2.05) is 26.0 Å². The fourth-order valence-corrected chi connectivity index (χ4v) is 2.11. The highest BCUT2D eigenvalue weighted by atomic mass is 16.5. The Morgan fingerprint density at radius 2 is 1.88 bits per heavy atom. The number of rotatable bonds is 5. The van der Waals surface area contributed by atoms with Gasteiger partial charge in [0.05, 0.1) is 0 Å². The molecule has 0 radical (unpaired) electrons. The van der Waals surface area contributed by atoms with Crippen LogP contribution in [0.5, 0.6) is 5.75 Å². The fourth-order valence-electron chi connectivity index (χ4n) is 2.11. The Balaban J connectivity index is 1.87. The molecule has 0 aliphatic carbocycles. The van der Waals surface area contributed by atoms with Gasteiger partial charge >= 0.3 is 0 Å². The van der Waals surface area contributed by atoms with Gasteiger partial charge in [0.25, 0.3) is 17.4 Å². The molecule has 1 unspecified atom stereocenters. The maximum absolute atomic E-state index is 12.0. The molecule has 25 heavy (non-hydrogen) atoms. The van der Waals surface area contributed by atoms with Gasteiger partial charge in [0.1, 0.15) is 12.3 Å². The molecule has 132 valence electrons. The van der Waals surface area contributed by atoms with Crippen molar-refractivity contribution in [3.05, 3.63) is 64.1 Å². The molecule has 0 aliphatic heterocycles. The van der Waals surface area contributed by atoms with E-state index in [1.165, 1.54) is 16.8 Å². The van der Waals surface area contributed by atoms with E-state index >= 15 is 0 Å². The minimum absolute atomic E-state index is 0.188. The lowest BCUT2D eigenvalue weighted by molar-refractivity contribution is -0.133. The molecule has 2 aromatic rings. The molecular weight excluding hydrogens is 322 g/mol. The zero-order valence-electron chi connectivity index (χ0n) is 14.4. The van der Waals surface area contributed by atoms with E-state index < -0.39 is 17.9 Å². The van der Waals surface area contributed by atoms with Crippen LogP contribution in [0.25, 0.3) is 0 Å². The van der Waals surface area contributed by atoms with Crippen molar-refractivity contribution in [2.75, 3.05) is 0 Å². The van der Waals surface area contributed by atoms with Gasteiger partial charge in [-0.15, -0.1) is 0 Å². The van der Waals surface area contributed by atoms with Crippen molar-refractivity contribution >= 4 is 11.8 Å². The lowest BCUT2D eigenvalue weighted by Gasteiger charge is -2.17. The summed E-state index contributed by atoms with van der Waals surface area (Å²) in [6.07, 6.45) is 0.705. The number of nitrogens with zero attached hydrogens (tertiary/aromatic N) is 1. The normalized spacial score (nSPS) is 11.5. The third-order valence-electron chi connectivity index (χ3n) is 3.77. The molecule has 0 spiro atoms. The van der Waals surface area contributed by atoms with Gasteiger partial charge in [-0.1, -0.05) is 18.2 Å². The van der Waals surface area contributed by atoms with Crippen molar-refractivity contribution in [1.29, 1.82) is 0 Å². The average Bonchev–Trinajstić information content (AvgIpc) is 2.58. The number of pyridine rings is 1. The van der Waals surface area contributed by atoms with Gasteiger partial charge in [-0.05, 0) is 44.0 Å². The first-order valence-corrected chi connectivity index (χ1v) is 7.85. The molecule has 1 aromatic carbocycles. The van der Waals surface area contributed by atoms with Gasteiger partial charge in [0.15, 0.2) is 6.10 Å². The maximum Gasteiger partial charge on any atom is 0.279 e. The number of hydrogen-bond donors (Lipinski definition) is 2. The van der Waals surface area contributed by atoms with Crippen molar-refractivity contribution in [1.82, 2.24) is 15.4 Å². The second-order valence-electron chi connectivity index (χ2n) is 5.66. The van der Waals surface area contributed by atoms with E-state index in [0.29, 0.717) is 5.75 Å². The van der Waals surface area contributed by atoms with Gasteiger partial charge < -0.3 is 9.30 Å². The minimum Gasteiger partial charge on any atom is -0.481 e. The van der Waals surface area contributed by atoms with Crippen LogP contribution in [0.1, 0.15) is 18.1 Å². The molecule has 2 rings (SSSR count). The molecule has 0 saturated carbocycles. The number of carbonyl (C=O) groups is 2. The number of ether oxygens (including phenoxy) is 1. The maximum atomic E-state index is 12.0. The third-order valence-corrected chi connectivity index (χ3v) is 3.77. The Morgan fingerprint density at radius 1 is 1.12 bits per heavy atom. The molecule has 2 N–H and O–H groups in total. The van der Waals surface area contributed by atoms with Crippen LogP contribution >= 0.6 is 0 Å². The quantitative estimate of drug-likeness (QED) is 0.795. The SMILES string of the molecule is Cc1cccc(OC(C)C(=O)NNC(=O)Cn2ccccc2=O)c1C. The summed E-state index contributed by atoms with van der Waals surface area (Å²) in [7, 11) is 0. The summed E-state index contributed by atoms with van der Waals surface area (Å²) in [5, 5.41) is 0. The Morgan fingerprint density at radius 3 is 2.60 bits per heavy atom. The number of nitrogens with one attached hydrogen (secondary N) is 2. The summed E-state index contributed by atoms with van der Waals surface area (Å²) in [5.74, 6) is -0.389. The van der Waals surface area contributed by atoms with Crippen LogP contribution in [0.2, 0.25) is 0 Å². The van der Waals surface area contributed by atoms with Crippen molar-refractivity contribution in [3.63, 3.8) is 0 Å². The Kier molecular flexibility index (Phi) is 5.94. The van der Waals surface area contributed by atoms with Crippen LogP contribution < -0.4 is 21.1 Å². The number of carbonyl (C=O) groups excluding carboxylic acids is 2. The first-order valence-electron chi connectivity index (χ1n) is 7.85. The summed E-state index contributed by atoms with van der Waals surface area (Å²) in [4.78, 5) is 35.4. The van der Waals surface area contributed by atoms with E-state index in [-0.39, 0.29) is 12.1 Å². The van der Waals surface area contributed by atoms with Gasteiger partial charge in [-0.3, -0.25) is 25.2 Å². The molecule has 1 heterocycles. The fraction of sp³-hybridized carbons (Fsp3) is 0.278. The van der Waals surface area contributed by atoms with Crippen LogP contribution in [-0.2, 0) is 16.1 Å². The first-order chi connectivity index (χ1) is 11.9. The number of amides is 2. The number of aryl methyl sites for hydroxylation is 1. The van der Waals surface area contributed by atoms with Crippen molar-refractivity contribution in [2.45, 2.75) is 33.4 Å². The van der Waals surface area contributed by atoms with Crippen LogP contribution in [-0.4, -0.2) is 22.5 Å².